The smallest absolute Gasteiger partial charge is 0.256 e. The van der Waals surface area contributed by atoms with Gasteiger partial charge in [-0.1, -0.05) is 12.1 Å². The maximum Gasteiger partial charge on any atom is 0.256 e. The van der Waals surface area contributed by atoms with Gasteiger partial charge in [-0.2, -0.15) is 5.10 Å². The van der Waals surface area contributed by atoms with Gasteiger partial charge in [-0.05, 0) is 24.3 Å². The molecule has 3 aromatic rings. The summed E-state index contributed by atoms with van der Waals surface area (Å²) in [5, 5.41) is 9.99. The fourth-order valence-corrected chi connectivity index (χ4v) is 4.01. The van der Waals surface area contributed by atoms with E-state index in [9.17, 15) is 9.59 Å². The summed E-state index contributed by atoms with van der Waals surface area (Å²) in [6.07, 6.45) is 1.62. The van der Waals surface area contributed by atoms with E-state index in [-0.39, 0.29) is 11.8 Å². The molecule has 1 aliphatic heterocycles. The predicted molar refractivity (Wildman–Crippen MR) is 115 cm³/mol. The summed E-state index contributed by atoms with van der Waals surface area (Å²) in [6, 6.07) is 12.6. The second-order valence-electron chi connectivity index (χ2n) is 6.53. The Kier molecular flexibility index (Phi) is 5.62. The van der Waals surface area contributed by atoms with Crippen LogP contribution in [0.2, 0.25) is 0 Å². The van der Waals surface area contributed by atoms with E-state index in [0.717, 1.165) is 10.5 Å². The van der Waals surface area contributed by atoms with Gasteiger partial charge < -0.3 is 20.1 Å². The molecule has 8 nitrogen and oxygen atoms in total. The molecule has 0 saturated heterocycles. The molecule has 0 spiro atoms. The van der Waals surface area contributed by atoms with Crippen molar-refractivity contribution in [3.63, 3.8) is 0 Å². The van der Waals surface area contributed by atoms with E-state index in [0.29, 0.717) is 40.9 Å². The number of hydrogen-bond donors (Lipinski definition) is 2. The summed E-state index contributed by atoms with van der Waals surface area (Å²) in [5.74, 6) is 1.81. The number of benzene rings is 2. The molecule has 2 heterocycles. The number of hydrogen-bond acceptors (Lipinski definition) is 6. The molecule has 30 heavy (non-hydrogen) atoms. The van der Waals surface area contributed by atoms with Gasteiger partial charge in [0.25, 0.3) is 5.91 Å². The first-order valence-corrected chi connectivity index (χ1v) is 10.2. The number of carbonyl (C=O) groups excluding carboxylic acids is 2. The summed E-state index contributed by atoms with van der Waals surface area (Å²) in [5.41, 5.74) is 1.96. The van der Waals surface area contributed by atoms with Gasteiger partial charge in [0.15, 0.2) is 11.5 Å². The number of fused-ring (bicyclic) bond motifs is 1. The van der Waals surface area contributed by atoms with Crippen molar-refractivity contribution in [2.24, 2.45) is 0 Å². The molecule has 0 atom stereocenters. The summed E-state index contributed by atoms with van der Waals surface area (Å²) in [7, 11) is 3.17. The summed E-state index contributed by atoms with van der Waals surface area (Å²) >= 11 is 1.45. The number of carbonyl (C=O) groups is 2. The standard InChI is InChI=1S/C21H20N4O4S/c1-28-16-5-3-4-14(20(16)29-2)11-25-18(8-9-22-25)24-21(27)13-6-7-17-15(10-13)23-19(26)12-30-17/h3-10H,11-12H2,1-2H3,(H,23,26)(H,24,27). The van der Waals surface area contributed by atoms with Gasteiger partial charge in [-0.25, -0.2) is 4.68 Å². The van der Waals surface area contributed by atoms with Crippen LogP contribution in [0.4, 0.5) is 11.5 Å². The molecule has 154 valence electrons. The number of nitrogens with one attached hydrogen (secondary N) is 2. The summed E-state index contributed by atoms with van der Waals surface area (Å²) < 4.78 is 12.5. The second-order valence-corrected chi connectivity index (χ2v) is 7.55. The maximum atomic E-state index is 12.8. The van der Waals surface area contributed by atoms with Gasteiger partial charge in [0.2, 0.25) is 5.91 Å². The minimum Gasteiger partial charge on any atom is -0.493 e. The Hall–Kier alpha value is -3.46. The Morgan fingerprint density at radius 3 is 2.90 bits per heavy atom. The lowest BCUT2D eigenvalue weighted by atomic mass is 10.1. The molecule has 0 fully saturated rings. The maximum absolute atomic E-state index is 12.8. The van der Waals surface area contributed by atoms with Gasteiger partial charge in [0, 0.05) is 22.1 Å². The third-order valence-corrected chi connectivity index (χ3v) is 5.71. The highest BCUT2D eigenvalue weighted by Crippen LogP contribution is 2.33. The number of amides is 2. The highest BCUT2D eigenvalue weighted by Gasteiger charge is 2.18. The Morgan fingerprint density at radius 1 is 1.23 bits per heavy atom. The third-order valence-electron chi connectivity index (χ3n) is 4.64. The van der Waals surface area contributed by atoms with Crippen LogP contribution in [0.15, 0.2) is 53.6 Å². The molecule has 1 aromatic heterocycles. The Labute approximate surface area is 177 Å². The molecule has 2 N–H and O–H groups in total. The van der Waals surface area contributed by atoms with Gasteiger partial charge in [0.05, 0.1) is 38.4 Å². The SMILES string of the molecule is COc1cccc(Cn2nccc2NC(=O)c2ccc3c(c2)NC(=O)CS3)c1OC. The quantitative estimate of drug-likeness (QED) is 0.631. The number of rotatable bonds is 6. The highest BCUT2D eigenvalue weighted by atomic mass is 32.2. The lowest BCUT2D eigenvalue weighted by Crippen LogP contribution is -2.20. The van der Waals surface area contributed by atoms with Crippen LogP contribution in [0.25, 0.3) is 0 Å². The van der Waals surface area contributed by atoms with Gasteiger partial charge in [-0.15, -0.1) is 11.8 Å². The molecule has 0 saturated carbocycles. The molecule has 0 aliphatic carbocycles. The average Bonchev–Trinajstić information content (AvgIpc) is 3.19. The molecule has 2 aromatic carbocycles. The van der Waals surface area contributed by atoms with Crippen LogP contribution in [-0.4, -0.2) is 41.6 Å². The van der Waals surface area contributed by atoms with E-state index in [1.54, 1.807) is 43.3 Å². The molecule has 9 heteroatoms. The molecule has 0 unspecified atom stereocenters. The van der Waals surface area contributed by atoms with Crippen molar-refractivity contribution in [3.8, 4) is 11.5 Å². The van der Waals surface area contributed by atoms with Crippen molar-refractivity contribution >= 4 is 35.1 Å². The lowest BCUT2D eigenvalue weighted by Gasteiger charge is -2.17. The molecular formula is C21H20N4O4S. The Morgan fingerprint density at radius 2 is 2.10 bits per heavy atom. The predicted octanol–water partition coefficient (Wildman–Crippen LogP) is 3.25. The Balaban J connectivity index is 1.54. The number of aromatic nitrogens is 2. The van der Waals surface area contributed by atoms with Crippen molar-refractivity contribution in [2.45, 2.75) is 11.4 Å². The van der Waals surface area contributed by atoms with E-state index in [2.05, 4.69) is 15.7 Å². The van der Waals surface area contributed by atoms with Gasteiger partial charge in [0.1, 0.15) is 5.82 Å². The fourth-order valence-electron chi connectivity index (χ4n) is 3.22. The zero-order valence-corrected chi connectivity index (χ0v) is 17.3. The minimum absolute atomic E-state index is 0.0737. The van der Waals surface area contributed by atoms with Gasteiger partial charge in [-0.3, -0.25) is 9.59 Å². The zero-order chi connectivity index (χ0) is 21.1. The molecular weight excluding hydrogens is 404 g/mol. The van der Waals surface area contributed by atoms with Crippen LogP contribution in [0.5, 0.6) is 11.5 Å². The normalized spacial score (nSPS) is 12.7. The number of nitrogens with zero attached hydrogens (tertiary/aromatic N) is 2. The van der Waals surface area contributed by atoms with Crippen LogP contribution < -0.4 is 20.1 Å². The van der Waals surface area contributed by atoms with Crippen LogP contribution in [0.1, 0.15) is 15.9 Å². The zero-order valence-electron chi connectivity index (χ0n) is 16.5. The second kappa shape index (κ2) is 8.50. The molecule has 4 rings (SSSR count). The van der Waals surface area contributed by atoms with Crippen molar-refractivity contribution in [3.05, 3.63) is 59.8 Å². The van der Waals surface area contributed by atoms with Crippen LogP contribution in [0, 0.1) is 0 Å². The monoisotopic (exact) mass is 424 g/mol. The summed E-state index contributed by atoms with van der Waals surface area (Å²) in [6.45, 7) is 0.389. The fraction of sp³-hybridized carbons (Fsp3) is 0.190. The number of para-hydroxylation sites is 1. The van der Waals surface area contributed by atoms with E-state index in [1.807, 2.05) is 24.3 Å². The first kappa shape index (κ1) is 19.8. The van der Waals surface area contributed by atoms with Crippen LogP contribution in [0.3, 0.4) is 0 Å². The first-order valence-electron chi connectivity index (χ1n) is 9.18. The van der Waals surface area contributed by atoms with Crippen LogP contribution >= 0.6 is 11.8 Å². The highest BCUT2D eigenvalue weighted by molar-refractivity contribution is 8.00. The van der Waals surface area contributed by atoms with Crippen molar-refractivity contribution in [1.82, 2.24) is 9.78 Å². The molecule has 2 amide bonds. The van der Waals surface area contributed by atoms with E-state index in [1.165, 1.54) is 11.8 Å². The molecule has 1 aliphatic rings. The summed E-state index contributed by atoms with van der Waals surface area (Å²) in [4.78, 5) is 25.4. The van der Waals surface area contributed by atoms with Crippen LogP contribution in [-0.2, 0) is 11.3 Å². The van der Waals surface area contributed by atoms with Crippen molar-refractivity contribution in [1.29, 1.82) is 0 Å². The molecule has 0 bridgehead atoms. The average molecular weight is 424 g/mol. The first-order chi connectivity index (χ1) is 14.6. The number of thioether (sulfide) groups is 1. The Bertz CT molecular complexity index is 1110. The van der Waals surface area contributed by atoms with Crippen molar-refractivity contribution in [2.75, 3.05) is 30.6 Å². The van der Waals surface area contributed by atoms with E-state index < -0.39 is 0 Å². The number of methoxy groups -OCH3 is 2. The lowest BCUT2D eigenvalue weighted by molar-refractivity contribution is -0.113. The van der Waals surface area contributed by atoms with Gasteiger partial charge >= 0.3 is 0 Å². The minimum atomic E-state index is -0.290. The topological polar surface area (TPSA) is 94.5 Å². The van der Waals surface area contributed by atoms with E-state index >= 15 is 0 Å². The largest absolute Gasteiger partial charge is 0.493 e. The molecule has 0 radical (unpaired) electrons. The van der Waals surface area contributed by atoms with E-state index in [4.69, 9.17) is 9.47 Å². The van der Waals surface area contributed by atoms with Crippen molar-refractivity contribution < 1.29 is 19.1 Å². The number of ether oxygens (including phenoxy) is 2. The third kappa shape index (κ3) is 3.97. The number of anilines is 2.